The molecule has 2 rings (SSSR count). The molecule has 0 aromatic carbocycles. The Hall–Kier alpha value is -0.170. The molecule has 2 saturated heterocycles. The van der Waals surface area contributed by atoms with Crippen LogP contribution in [0.25, 0.3) is 0 Å². The summed E-state index contributed by atoms with van der Waals surface area (Å²) in [6, 6.07) is 0.563. The van der Waals surface area contributed by atoms with Gasteiger partial charge in [-0.2, -0.15) is 4.31 Å². The van der Waals surface area contributed by atoms with E-state index in [1.807, 2.05) is 6.92 Å². The third-order valence-corrected chi connectivity index (χ3v) is 6.12. The molecule has 0 bridgehead atoms. The monoisotopic (exact) mass is 275 g/mol. The maximum absolute atomic E-state index is 12.3. The lowest BCUT2D eigenvalue weighted by Gasteiger charge is -2.41. The number of sulfonamides is 1. The number of fused-ring (bicyclic) bond motifs is 1. The average Bonchev–Trinajstić information content (AvgIpc) is 2.75. The van der Waals surface area contributed by atoms with Crippen LogP contribution in [0.2, 0.25) is 0 Å². The van der Waals surface area contributed by atoms with Crippen LogP contribution in [-0.4, -0.2) is 61.6 Å². The van der Waals surface area contributed by atoms with Gasteiger partial charge in [0, 0.05) is 25.2 Å². The summed E-state index contributed by atoms with van der Waals surface area (Å²) in [5.74, 6) is 0.251. The van der Waals surface area contributed by atoms with Gasteiger partial charge in [0.25, 0.3) is 0 Å². The number of nitrogens with two attached hydrogens (primary N) is 1. The first-order chi connectivity index (χ1) is 8.54. The summed E-state index contributed by atoms with van der Waals surface area (Å²) in [7, 11) is -3.09. The van der Waals surface area contributed by atoms with Crippen molar-refractivity contribution in [3.63, 3.8) is 0 Å². The second kappa shape index (κ2) is 5.86. The van der Waals surface area contributed by atoms with E-state index in [4.69, 9.17) is 5.73 Å². The van der Waals surface area contributed by atoms with Crippen molar-refractivity contribution in [2.75, 3.05) is 31.9 Å². The first kappa shape index (κ1) is 14.2. The number of hydrogen-bond acceptors (Lipinski definition) is 4. The fourth-order valence-electron chi connectivity index (χ4n) is 3.09. The molecule has 0 aromatic rings. The Labute approximate surface area is 110 Å². The van der Waals surface area contributed by atoms with E-state index in [-0.39, 0.29) is 11.8 Å². The minimum Gasteiger partial charge on any atom is -0.330 e. The van der Waals surface area contributed by atoms with Gasteiger partial charge in [0.1, 0.15) is 0 Å². The van der Waals surface area contributed by atoms with Crippen molar-refractivity contribution < 1.29 is 8.42 Å². The second-order valence-electron chi connectivity index (χ2n) is 5.52. The molecule has 2 N–H and O–H groups in total. The zero-order valence-electron chi connectivity index (χ0n) is 11.2. The summed E-state index contributed by atoms with van der Waals surface area (Å²) in [4.78, 5) is 2.44. The predicted molar refractivity (Wildman–Crippen MR) is 72.8 cm³/mol. The lowest BCUT2D eigenvalue weighted by Crippen LogP contribution is -2.57. The smallest absolute Gasteiger partial charge is 0.214 e. The minimum absolute atomic E-state index is 0.113. The fraction of sp³-hybridized carbons (Fsp3) is 1.00. The van der Waals surface area contributed by atoms with E-state index < -0.39 is 10.0 Å². The lowest BCUT2D eigenvalue weighted by atomic mass is 10.1. The highest BCUT2D eigenvalue weighted by atomic mass is 32.2. The lowest BCUT2D eigenvalue weighted by molar-refractivity contribution is 0.117. The first-order valence-corrected chi connectivity index (χ1v) is 8.59. The van der Waals surface area contributed by atoms with E-state index in [0.29, 0.717) is 25.6 Å². The van der Waals surface area contributed by atoms with Gasteiger partial charge in [-0.05, 0) is 45.7 Å². The summed E-state index contributed by atoms with van der Waals surface area (Å²) < 4.78 is 26.4. The molecular weight excluding hydrogens is 250 g/mol. The molecule has 2 heterocycles. The van der Waals surface area contributed by atoms with Gasteiger partial charge in [-0.25, -0.2) is 8.42 Å². The number of nitrogens with zero attached hydrogens (tertiary/aromatic N) is 2. The summed E-state index contributed by atoms with van der Waals surface area (Å²) >= 11 is 0. The number of hydrogen-bond donors (Lipinski definition) is 1. The van der Waals surface area contributed by atoms with Crippen LogP contribution >= 0.6 is 0 Å². The highest BCUT2D eigenvalue weighted by molar-refractivity contribution is 7.89. The van der Waals surface area contributed by atoms with E-state index in [2.05, 4.69) is 4.90 Å². The molecular formula is C12H25N3O2S. The molecule has 2 aliphatic rings. The maximum atomic E-state index is 12.3. The molecule has 2 unspecified atom stereocenters. The van der Waals surface area contributed by atoms with Crippen LogP contribution in [-0.2, 0) is 10.0 Å². The fourth-order valence-corrected chi connectivity index (χ4v) is 4.91. The van der Waals surface area contributed by atoms with Crippen LogP contribution in [0.15, 0.2) is 0 Å². The Morgan fingerprint density at radius 1 is 1.28 bits per heavy atom. The van der Waals surface area contributed by atoms with Crippen molar-refractivity contribution in [1.82, 2.24) is 9.21 Å². The standard InChI is InChI=1S/C12H25N3O2S/c1-11-9-14-7-4-5-12(14)10-15(11)18(16,17)8-3-2-6-13/h11-12H,2-10,13H2,1H3. The van der Waals surface area contributed by atoms with E-state index in [0.717, 1.165) is 25.9 Å². The van der Waals surface area contributed by atoms with Crippen LogP contribution in [0, 0.1) is 0 Å². The van der Waals surface area contributed by atoms with Gasteiger partial charge in [-0.1, -0.05) is 0 Å². The third-order valence-electron chi connectivity index (χ3n) is 4.09. The number of piperazine rings is 1. The molecule has 5 nitrogen and oxygen atoms in total. The molecule has 0 aromatic heterocycles. The summed E-state index contributed by atoms with van der Waals surface area (Å²) in [6.45, 7) is 5.31. The highest BCUT2D eigenvalue weighted by Gasteiger charge is 2.39. The molecule has 2 atom stereocenters. The SMILES string of the molecule is CC1CN2CCCC2CN1S(=O)(=O)CCCCN. The topological polar surface area (TPSA) is 66.6 Å². The van der Waals surface area contributed by atoms with E-state index in [9.17, 15) is 8.42 Å². The molecule has 0 spiro atoms. The second-order valence-corrected chi connectivity index (χ2v) is 7.56. The van der Waals surface area contributed by atoms with Crippen molar-refractivity contribution >= 4 is 10.0 Å². The summed E-state index contributed by atoms with van der Waals surface area (Å²) in [5.41, 5.74) is 5.42. The average molecular weight is 275 g/mol. The Bertz CT molecular complexity index is 372. The Morgan fingerprint density at radius 3 is 2.78 bits per heavy atom. The van der Waals surface area contributed by atoms with E-state index in [1.165, 1.54) is 6.42 Å². The molecule has 18 heavy (non-hydrogen) atoms. The summed E-state index contributed by atoms with van der Waals surface area (Å²) in [5, 5.41) is 0. The first-order valence-electron chi connectivity index (χ1n) is 6.98. The van der Waals surface area contributed by atoms with E-state index >= 15 is 0 Å². The molecule has 0 radical (unpaired) electrons. The molecule has 0 saturated carbocycles. The maximum Gasteiger partial charge on any atom is 0.214 e. The van der Waals surface area contributed by atoms with Gasteiger partial charge < -0.3 is 5.73 Å². The van der Waals surface area contributed by atoms with Gasteiger partial charge >= 0.3 is 0 Å². The van der Waals surface area contributed by atoms with Crippen molar-refractivity contribution in [2.45, 2.75) is 44.7 Å². The molecule has 0 amide bonds. The highest BCUT2D eigenvalue weighted by Crippen LogP contribution is 2.26. The Balaban J connectivity index is 1.98. The third kappa shape index (κ3) is 3.04. The van der Waals surface area contributed by atoms with Crippen LogP contribution in [0.3, 0.4) is 0 Å². The molecule has 106 valence electrons. The zero-order valence-corrected chi connectivity index (χ0v) is 12.0. The van der Waals surface area contributed by atoms with Crippen molar-refractivity contribution in [3.8, 4) is 0 Å². The number of rotatable bonds is 5. The van der Waals surface area contributed by atoms with Gasteiger partial charge in [-0.15, -0.1) is 0 Å². The van der Waals surface area contributed by atoms with Gasteiger partial charge in [0.15, 0.2) is 0 Å². The van der Waals surface area contributed by atoms with Crippen LogP contribution < -0.4 is 5.73 Å². The molecule has 2 aliphatic heterocycles. The quantitative estimate of drug-likeness (QED) is 0.729. The largest absolute Gasteiger partial charge is 0.330 e. The van der Waals surface area contributed by atoms with Crippen LogP contribution in [0.1, 0.15) is 32.6 Å². The van der Waals surface area contributed by atoms with E-state index in [1.54, 1.807) is 4.31 Å². The number of unbranched alkanes of at least 4 members (excludes halogenated alkanes) is 1. The Kier molecular flexibility index (Phi) is 4.64. The molecule has 6 heteroatoms. The van der Waals surface area contributed by atoms with Gasteiger partial charge in [0.2, 0.25) is 10.0 Å². The van der Waals surface area contributed by atoms with Crippen LogP contribution in [0.4, 0.5) is 0 Å². The molecule has 0 aliphatic carbocycles. The normalized spacial score (nSPS) is 30.6. The summed E-state index contributed by atoms with van der Waals surface area (Å²) in [6.07, 6.45) is 3.81. The van der Waals surface area contributed by atoms with Crippen molar-refractivity contribution in [1.29, 1.82) is 0 Å². The minimum atomic E-state index is -3.09. The zero-order chi connectivity index (χ0) is 13.2. The van der Waals surface area contributed by atoms with Crippen LogP contribution in [0.5, 0.6) is 0 Å². The Morgan fingerprint density at radius 2 is 2.06 bits per heavy atom. The van der Waals surface area contributed by atoms with Crippen molar-refractivity contribution in [3.05, 3.63) is 0 Å². The molecule has 2 fully saturated rings. The predicted octanol–water partition coefficient (Wildman–Crippen LogP) is 0.224. The van der Waals surface area contributed by atoms with Crippen molar-refractivity contribution in [2.24, 2.45) is 5.73 Å². The van der Waals surface area contributed by atoms with Gasteiger partial charge in [-0.3, -0.25) is 4.90 Å². The van der Waals surface area contributed by atoms with Gasteiger partial charge in [0.05, 0.1) is 5.75 Å².